The molecule has 1 aliphatic carbocycles. The molecule has 3 heteroatoms. The third kappa shape index (κ3) is 5.74. The van der Waals surface area contributed by atoms with Crippen LogP contribution in [0.2, 0.25) is 0 Å². The summed E-state index contributed by atoms with van der Waals surface area (Å²) in [6.07, 6.45) is 8.55. The van der Waals surface area contributed by atoms with Crippen LogP contribution in [0.15, 0.2) is 54.6 Å². The zero-order valence-corrected chi connectivity index (χ0v) is 19.2. The summed E-state index contributed by atoms with van der Waals surface area (Å²) >= 11 is 0. The number of hydrogen-bond donors (Lipinski definition) is 0. The van der Waals surface area contributed by atoms with Crippen LogP contribution in [0.5, 0.6) is 0 Å². The van der Waals surface area contributed by atoms with Gasteiger partial charge in [-0.2, -0.15) is 5.26 Å². The van der Waals surface area contributed by atoms with E-state index < -0.39 is 5.41 Å². The van der Waals surface area contributed by atoms with Gasteiger partial charge in [-0.05, 0) is 80.7 Å². The third-order valence-electron chi connectivity index (χ3n) is 7.26. The summed E-state index contributed by atoms with van der Waals surface area (Å²) in [7, 11) is 0. The van der Waals surface area contributed by atoms with Gasteiger partial charge in [0.15, 0.2) is 0 Å². The maximum atomic E-state index is 13.6. The van der Waals surface area contributed by atoms with Crippen LogP contribution in [0.4, 0.5) is 4.39 Å². The van der Waals surface area contributed by atoms with Crippen LogP contribution in [0.1, 0.15) is 69.9 Å². The lowest BCUT2D eigenvalue weighted by atomic mass is 9.60. The second-order valence-electron chi connectivity index (χ2n) is 9.09. The highest BCUT2D eigenvalue weighted by Gasteiger charge is 2.43. The fourth-order valence-electron chi connectivity index (χ4n) is 5.16. The fourth-order valence-corrected chi connectivity index (χ4v) is 5.16. The van der Waals surface area contributed by atoms with Gasteiger partial charge in [-0.3, -0.25) is 0 Å². The quantitative estimate of drug-likeness (QED) is 0.373. The van der Waals surface area contributed by atoms with Gasteiger partial charge < -0.3 is 4.90 Å². The minimum atomic E-state index is -0.489. The summed E-state index contributed by atoms with van der Waals surface area (Å²) in [4.78, 5) is 2.63. The summed E-state index contributed by atoms with van der Waals surface area (Å²) in [5, 5.41) is 10.4. The Kier molecular flexibility index (Phi) is 8.67. The van der Waals surface area contributed by atoms with Crippen molar-refractivity contribution in [1.29, 1.82) is 5.26 Å². The molecule has 0 saturated heterocycles. The zero-order valence-electron chi connectivity index (χ0n) is 19.2. The highest BCUT2D eigenvalue weighted by atomic mass is 19.1. The fraction of sp³-hybridized carbons (Fsp3) is 0.536. The number of nitriles is 1. The number of rotatable bonds is 12. The molecular formula is C28H37FN2. The first-order chi connectivity index (χ1) is 15.1. The minimum absolute atomic E-state index is 0.231. The summed E-state index contributed by atoms with van der Waals surface area (Å²) < 4.78 is 13.6. The van der Waals surface area contributed by atoms with E-state index in [1.165, 1.54) is 24.1 Å². The van der Waals surface area contributed by atoms with E-state index in [0.717, 1.165) is 63.6 Å². The van der Waals surface area contributed by atoms with Gasteiger partial charge in [0.1, 0.15) is 5.82 Å². The minimum Gasteiger partial charge on any atom is -0.300 e. The predicted molar refractivity (Wildman–Crippen MR) is 126 cm³/mol. The standard InChI is InChI=1S/C28H37FN2/c1-3-20-31(21-18-23-9-6-5-7-10-23)27(4-2)17-19-28(22-30,24-11-8-12-24)25-13-15-26(29)16-14-25/h5-7,9-10,13-16,24,27H,3-4,8,11-12,17-21H2,1-2H3. The van der Waals surface area contributed by atoms with Crippen LogP contribution in [0.3, 0.4) is 0 Å². The van der Waals surface area contributed by atoms with Crippen molar-refractivity contribution in [3.63, 3.8) is 0 Å². The topological polar surface area (TPSA) is 27.0 Å². The van der Waals surface area contributed by atoms with Crippen molar-refractivity contribution in [2.45, 2.75) is 76.7 Å². The molecule has 1 aliphatic rings. The second kappa shape index (κ2) is 11.4. The second-order valence-corrected chi connectivity index (χ2v) is 9.09. The van der Waals surface area contributed by atoms with Crippen LogP contribution in [0, 0.1) is 23.1 Å². The van der Waals surface area contributed by atoms with Gasteiger partial charge in [0, 0.05) is 12.6 Å². The molecule has 2 atom stereocenters. The molecule has 1 saturated carbocycles. The van der Waals surface area contributed by atoms with E-state index in [1.54, 1.807) is 0 Å². The van der Waals surface area contributed by atoms with Gasteiger partial charge in [0.25, 0.3) is 0 Å². The van der Waals surface area contributed by atoms with Crippen molar-refractivity contribution in [1.82, 2.24) is 4.90 Å². The molecule has 31 heavy (non-hydrogen) atoms. The van der Waals surface area contributed by atoms with E-state index in [1.807, 2.05) is 12.1 Å². The van der Waals surface area contributed by atoms with Crippen LogP contribution in [-0.4, -0.2) is 24.0 Å². The van der Waals surface area contributed by atoms with Crippen molar-refractivity contribution in [3.05, 3.63) is 71.5 Å². The van der Waals surface area contributed by atoms with Gasteiger partial charge in [0.05, 0.1) is 11.5 Å². The van der Waals surface area contributed by atoms with Crippen molar-refractivity contribution < 1.29 is 4.39 Å². The zero-order chi connectivity index (χ0) is 22.1. The molecule has 0 N–H and O–H groups in total. The molecule has 1 fully saturated rings. The molecule has 2 aromatic rings. The molecule has 0 spiro atoms. The maximum Gasteiger partial charge on any atom is 0.123 e. The van der Waals surface area contributed by atoms with E-state index in [2.05, 4.69) is 55.1 Å². The van der Waals surface area contributed by atoms with Crippen LogP contribution in [-0.2, 0) is 11.8 Å². The normalized spacial score (nSPS) is 17.0. The lowest BCUT2D eigenvalue weighted by molar-refractivity contribution is 0.148. The van der Waals surface area contributed by atoms with E-state index in [0.29, 0.717) is 12.0 Å². The molecule has 2 nitrogen and oxygen atoms in total. The molecule has 0 radical (unpaired) electrons. The van der Waals surface area contributed by atoms with E-state index >= 15 is 0 Å². The van der Waals surface area contributed by atoms with Crippen LogP contribution >= 0.6 is 0 Å². The third-order valence-corrected chi connectivity index (χ3v) is 7.26. The first-order valence-corrected chi connectivity index (χ1v) is 12.1. The van der Waals surface area contributed by atoms with Crippen molar-refractivity contribution in [2.75, 3.05) is 13.1 Å². The summed E-state index contributed by atoms with van der Waals surface area (Å²) in [6, 6.07) is 20.6. The number of halogens is 1. The monoisotopic (exact) mass is 420 g/mol. The van der Waals surface area contributed by atoms with E-state index in [-0.39, 0.29) is 5.82 Å². The van der Waals surface area contributed by atoms with Gasteiger partial charge in [-0.25, -0.2) is 4.39 Å². The van der Waals surface area contributed by atoms with Crippen LogP contribution in [0.25, 0.3) is 0 Å². The largest absolute Gasteiger partial charge is 0.300 e. The number of nitrogens with zero attached hydrogens (tertiary/aromatic N) is 2. The Labute approximate surface area is 188 Å². The first kappa shape index (κ1) is 23.5. The molecule has 0 aliphatic heterocycles. The Hall–Kier alpha value is -2.18. The Bertz CT molecular complexity index is 822. The molecule has 2 unspecified atom stereocenters. The highest BCUT2D eigenvalue weighted by molar-refractivity contribution is 5.35. The summed E-state index contributed by atoms with van der Waals surface area (Å²) in [5.74, 6) is 0.162. The summed E-state index contributed by atoms with van der Waals surface area (Å²) in [6.45, 7) is 6.65. The average molecular weight is 421 g/mol. The van der Waals surface area contributed by atoms with Gasteiger partial charge in [-0.1, -0.05) is 62.7 Å². The molecule has 0 bridgehead atoms. The molecule has 2 aromatic carbocycles. The van der Waals surface area contributed by atoms with Crippen LogP contribution < -0.4 is 0 Å². The average Bonchev–Trinajstić information content (AvgIpc) is 2.76. The Balaban J connectivity index is 1.73. The van der Waals surface area contributed by atoms with Gasteiger partial charge in [0.2, 0.25) is 0 Å². The molecule has 3 rings (SSSR count). The van der Waals surface area contributed by atoms with Crippen molar-refractivity contribution >= 4 is 0 Å². The van der Waals surface area contributed by atoms with Crippen molar-refractivity contribution in [2.24, 2.45) is 5.92 Å². The Morgan fingerprint density at radius 2 is 1.77 bits per heavy atom. The van der Waals surface area contributed by atoms with E-state index in [9.17, 15) is 9.65 Å². The summed E-state index contributed by atoms with van der Waals surface area (Å²) in [5.41, 5.74) is 1.89. The molecule has 0 amide bonds. The molecule has 0 heterocycles. The number of benzene rings is 2. The van der Waals surface area contributed by atoms with Gasteiger partial charge >= 0.3 is 0 Å². The van der Waals surface area contributed by atoms with E-state index in [4.69, 9.17) is 0 Å². The molecular weight excluding hydrogens is 383 g/mol. The lowest BCUT2D eigenvalue weighted by Crippen LogP contribution is -2.42. The smallest absolute Gasteiger partial charge is 0.123 e. The maximum absolute atomic E-state index is 13.6. The number of hydrogen-bond acceptors (Lipinski definition) is 2. The molecule has 0 aromatic heterocycles. The highest BCUT2D eigenvalue weighted by Crippen LogP contribution is 2.47. The van der Waals surface area contributed by atoms with Gasteiger partial charge in [-0.15, -0.1) is 0 Å². The predicted octanol–water partition coefficient (Wildman–Crippen LogP) is 6.90. The van der Waals surface area contributed by atoms with Crippen molar-refractivity contribution in [3.8, 4) is 6.07 Å². The first-order valence-electron chi connectivity index (χ1n) is 12.1. The lowest BCUT2D eigenvalue weighted by Gasteiger charge is -2.42. The SMILES string of the molecule is CCCN(CCc1ccccc1)C(CC)CCC(C#N)(c1ccc(F)cc1)C1CCC1. The Morgan fingerprint density at radius 3 is 2.32 bits per heavy atom. The Morgan fingerprint density at radius 1 is 1.06 bits per heavy atom. The molecule has 166 valence electrons.